The van der Waals surface area contributed by atoms with E-state index >= 15 is 0 Å². The molecule has 28 heavy (non-hydrogen) atoms. The molecular formula is C24H18N2OS. The Morgan fingerprint density at radius 2 is 1.79 bits per heavy atom. The van der Waals surface area contributed by atoms with Crippen molar-refractivity contribution in [3.63, 3.8) is 0 Å². The molecule has 3 aromatic carbocycles. The fraction of sp³-hybridized carbons (Fsp3) is 0.0833. The number of benzene rings is 3. The summed E-state index contributed by atoms with van der Waals surface area (Å²) in [6.45, 7) is 2.60. The molecule has 136 valence electrons. The lowest BCUT2D eigenvalue weighted by Gasteiger charge is -2.07. The molecule has 1 aromatic heterocycles. The quantitative estimate of drug-likeness (QED) is 0.383. The molecule has 0 spiro atoms. The maximum absolute atomic E-state index is 9.57. The Balaban J connectivity index is 1.49. The van der Waals surface area contributed by atoms with Gasteiger partial charge in [-0.1, -0.05) is 54.1 Å². The van der Waals surface area contributed by atoms with Gasteiger partial charge in [-0.2, -0.15) is 5.26 Å². The van der Waals surface area contributed by atoms with Crippen LogP contribution in [0, 0.1) is 18.3 Å². The summed E-state index contributed by atoms with van der Waals surface area (Å²) in [5.41, 5.74) is 4.80. The van der Waals surface area contributed by atoms with Gasteiger partial charge in [-0.05, 0) is 48.4 Å². The number of para-hydroxylation sites is 1. The summed E-state index contributed by atoms with van der Waals surface area (Å²) in [5.74, 6) is 0.802. The van der Waals surface area contributed by atoms with Gasteiger partial charge in [-0.15, -0.1) is 11.3 Å². The predicted molar refractivity (Wildman–Crippen MR) is 115 cm³/mol. The first-order valence-electron chi connectivity index (χ1n) is 8.97. The summed E-state index contributed by atoms with van der Waals surface area (Å²) in [6, 6.07) is 26.3. The average molecular weight is 382 g/mol. The van der Waals surface area contributed by atoms with Crippen molar-refractivity contribution in [3.8, 4) is 11.8 Å². The maximum Gasteiger partial charge on any atom is 0.135 e. The van der Waals surface area contributed by atoms with Crippen molar-refractivity contribution in [3.05, 3.63) is 94.5 Å². The molecule has 4 heteroatoms. The Kier molecular flexibility index (Phi) is 5.18. The molecule has 4 rings (SSSR count). The fourth-order valence-corrected chi connectivity index (χ4v) is 3.74. The highest BCUT2D eigenvalue weighted by Crippen LogP contribution is 2.28. The van der Waals surface area contributed by atoms with Crippen LogP contribution >= 0.6 is 11.3 Å². The molecule has 0 unspecified atom stereocenters. The smallest absolute Gasteiger partial charge is 0.135 e. The van der Waals surface area contributed by atoms with Crippen molar-refractivity contribution in [2.24, 2.45) is 0 Å². The van der Waals surface area contributed by atoms with Crippen LogP contribution in [-0.2, 0) is 6.61 Å². The molecule has 0 radical (unpaired) electrons. The topological polar surface area (TPSA) is 45.9 Å². The third kappa shape index (κ3) is 4.11. The Labute approximate surface area is 168 Å². The number of fused-ring (bicyclic) bond motifs is 1. The number of thiazole rings is 1. The van der Waals surface area contributed by atoms with Crippen LogP contribution in [0.1, 0.15) is 21.7 Å². The summed E-state index contributed by atoms with van der Waals surface area (Å²) in [6.07, 6.45) is 1.86. The molecule has 0 saturated heterocycles. The molecule has 0 N–H and O–H groups in total. The first-order valence-corrected chi connectivity index (χ1v) is 9.79. The van der Waals surface area contributed by atoms with E-state index in [4.69, 9.17) is 4.74 Å². The van der Waals surface area contributed by atoms with Gasteiger partial charge in [0, 0.05) is 0 Å². The zero-order chi connectivity index (χ0) is 19.3. The molecule has 4 aromatic rings. The summed E-state index contributed by atoms with van der Waals surface area (Å²) >= 11 is 1.53. The molecule has 0 bridgehead atoms. The normalized spacial score (nSPS) is 11.4. The van der Waals surface area contributed by atoms with Crippen LogP contribution in [0.4, 0.5) is 0 Å². The number of rotatable bonds is 5. The van der Waals surface area contributed by atoms with E-state index in [9.17, 15) is 5.26 Å². The summed E-state index contributed by atoms with van der Waals surface area (Å²) in [4.78, 5) is 4.57. The highest BCUT2D eigenvalue weighted by molar-refractivity contribution is 7.19. The Morgan fingerprint density at radius 1 is 1.04 bits per heavy atom. The minimum absolute atomic E-state index is 0.532. The van der Waals surface area contributed by atoms with E-state index in [2.05, 4.69) is 42.2 Å². The van der Waals surface area contributed by atoms with Crippen LogP contribution in [-0.4, -0.2) is 4.98 Å². The van der Waals surface area contributed by atoms with E-state index in [1.165, 1.54) is 16.9 Å². The van der Waals surface area contributed by atoms with Crippen LogP contribution < -0.4 is 4.74 Å². The SMILES string of the molecule is Cc1ccc(COc2ccc(/C=C(\C#N)c3nc4ccccc4s3)cc2)cc1. The van der Waals surface area contributed by atoms with Gasteiger partial charge in [0.15, 0.2) is 0 Å². The Bertz CT molecular complexity index is 1130. The predicted octanol–water partition coefficient (Wildman–Crippen LogP) is 6.25. The standard InChI is InChI=1S/C24H18N2OS/c1-17-6-8-19(9-7-17)16-27-21-12-10-18(11-13-21)14-20(15-25)24-26-22-4-2-3-5-23(22)28-24/h2-14H,16H2,1H3/b20-14+. The van der Waals surface area contributed by atoms with Gasteiger partial charge in [0.25, 0.3) is 0 Å². The fourth-order valence-electron chi connectivity index (χ4n) is 2.81. The van der Waals surface area contributed by atoms with Gasteiger partial charge in [-0.3, -0.25) is 0 Å². The molecular weight excluding hydrogens is 364 g/mol. The third-order valence-electron chi connectivity index (χ3n) is 4.36. The van der Waals surface area contributed by atoms with Crippen molar-refractivity contribution in [2.45, 2.75) is 13.5 Å². The van der Waals surface area contributed by atoms with Gasteiger partial charge in [0.05, 0.1) is 15.8 Å². The largest absolute Gasteiger partial charge is 0.489 e. The number of aryl methyl sites for hydroxylation is 1. The lowest BCUT2D eigenvalue weighted by molar-refractivity contribution is 0.306. The van der Waals surface area contributed by atoms with E-state index in [0.29, 0.717) is 12.2 Å². The van der Waals surface area contributed by atoms with Crippen LogP contribution in [0.2, 0.25) is 0 Å². The number of ether oxygens (including phenoxy) is 1. The van der Waals surface area contributed by atoms with Crippen LogP contribution in [0.5, 0.6) is 5.75 Å². The highest BCUT2D eigenvalue weighted by atomic mass is 32.1. The van der Waals surface area contributed by atoms with Crippen LogP contribution in [0.25, 0.3) is 21.9 Å². The van der Waals surface area contributed by atoms with Crippen LogP contribution in [0.3, 0.4) is 0 Å². The number of allylic oxidation sites excluding steroid dienone is 1. The van der Waals surface area contributed by atoms with Crippen molar-refractivity contribution >= 4 is 33.2 Å². The monoisotopic (exact) mass is 382 g/mol. The molecule has 0 aliphatic heterocycles. The second-order valence-electron chi connectivity index (χ2n) is 6.50. The van der Waals surface area contributed by atoms with Gasteiger partial charge >= 0.3 is 0 Å². The molecule has 0 atom stereocenters. The number of aromatic nitrogens is 1. The molecule has 0 aliphatic rings. The second-order valence-corrected chi connectivity index (χ2v) is 7.53. The van der Waals surface area contributed by atoms with E-state index in [0.717, 1.165) is 32.1 Å². The van der Waals surface area contributed by atoms with Gasteiger partial charge in [-0.25, -0.2) is 4.98 Å². The highest BCUT2D eigenvalue weighted by Gasteiger charge is 2.08. The molecule has 3 nitrogen and oxygen atoms in total. The van der Waals surface area contributed by atoms with Crippen molar-refractivity contribution < 1.29 is 4.74 Å². The zero-order valence-corrected chi connectivity index (χ0v) is 16.2. The van der Waals surface area contributed by atoms with Crippen molar-refractivity contribution in [2.75, 3.05) is 0 Å². The average Bonchev–Trinajstić information content (AvgIpc) is 3.16. The second kappa shape index (κ2) is 8.08. The van der Waals surface area contributed by atoms with E-state index in [1.54, 1.807) is 0 Å². The number of nitriles is 1. The zero-order valence-electron chi connectivity index (χ0n) is 15.4. The third-order valence-corrected chi connectivity index (χ3v) is 5.43. The van der Waals surface area contributed by atoms with Gasteiger partial charge in [0.2, 0.25) is 0 Å². The van der Waals surface area contributed by atoms with E-state index in [1.807, 2.05) is 54.6 Å². The Morgan fingerprint density at radius 3 is 2.50 bits per heavy atom. The first kappa shape index (κ1) is 18.0. The molecule has 1 heterocycles. The lowest BCUT2D eigenvalue weighted by atomic mass is 10.1. The first-order chi connectivity index (χ1) is 13.7. The number of hydrogen-bond donors (Lipinski definition) is 0. The minimum Gasteiger partial charge on any atom is -0.489 e. The molecule has 0 fully saturated rings. The number of nitrogens with zero attached hydrogens (tertiary/aromatic N) is 2. The van der Waals surface area contributed by atoms with E-state index < -0.39 is 0 Å². The van der Waals surface area contributed by atoms with Gasteiger partial charge < -0.3 is 4.74 Å². The van der Waals surface area contributed by atoms with Crippen molar-refractivity contribution in [1.29, 1.82) is 5.26 Å². The summed E-state index contributed by atoms with van der Waals surface area (Å²) in [5, 5.41) is 10.3. The molecule has 0 saturated carbocycles. The molecule has 0 aliphatic carbocycles. The maximum atomic E-state index is 9.57. The van der Waals surface area contributed by atoms with Crippen LogP contribution in [0.15, 0.2) is 72.8 Å². The molecule has 0 amide bonds. The number of hydrogen-bond acceptors (Lipinski definition) is 4. The van der Waals surface area contributed by atoms with Gasteiger partial charge in [0.1, 0.15) is 23.4 Å². The van der Waals surface area contributed by atoms with E-state index in [-0.39, 0.29) is 0 Å². The lowest BCUT2D eigenvalue weighted by Crippen LogP contribution is -1.95. The summed E-state index contributed by atoms with van der Waals surface area (Å²) < 4.78 is 6.93. The Hall–Kier alpha value is -3.42. The summed E-state index contributed by atoms with van der Waals surface area (Å²) in [7, 11) is 0. The van der Waals surface area contributed by atoms with Crippen molar-refractivity contribution in [1.82, 2.24) is 4.98 Å². The minimum atomic E-state index is 0.532.